The van der Waals surface area contributed by atoms with Crippen LogP contribution in [0.5, 0.6) is 0 Å². The topological polar surface area (TPSA) is 66.9 Å². The lowest BCUT2D eigenvalue weighted by Gasteiger charge is -2.46. The fourth-order valence-corrected chi connectivity index (χ4v) is 3.56. The predicted molar refractivity (Wildman–Crippen MR) is 75.8 cm³/mol. The van der Waals surface area contributed by atoms with Crippen molar-refractivity contribution in [3.8, 4) is 0 Å². The van der Waals surface area contributed by atoms with Crippen molar-refractivity contribution < 1.29 is 19.2 Å². The molecular formula is C16H16N2O4. The third kappa shape index (κ3) is 1.80. The number of nitrogens with zero attached hydrogens (tertiary/aromatic N) is 2. The van der Waals surface area contributed by atoms with E-state index in [2.05, 4.69) is 4.90 Å². The number of benzene rings is 1. The molecule has 0 radical (unpaired) electrons. The second kappa shape index (κ2) is 4.64. The summed E-state index contributed by atoms with van der Waals surface area (Å²) < 4.78 is 0. The molecule has 4 aliphatic rings. The maximum Gasteiger partial charge on any atom is 0.339 e. The molecule has 6 nitrogen and oxygen atoms in total. The third-order valence-corrected chi connectivity index (χ3v) is 5.08. The first kappa shape index (κ1) is 13.5. The van der Waals surface area contributed by atoms with Crippen molar-refractivity contribution in [3.63, 3.8) is 0 Å². The summed E-state index contributed by atoms with van der Waals surface area (Å²) in [5, 5.41) is 0.628. The molecule has 0 N–H and O–H groups in total. The van der Waals surface area contributed by atoms with Gasteiger partial charge in [0.25, 0.3) is 11.8 Å². The SMILES string of the molecule is O=C1c2ccccc2C(=O)N1OC(=O)C12CCN(CC1)CC2. The molecule has 1 aromatic rings. The van der Waals surface area contributed by atoms with E-state index in [9.17, 15) is 14.4 Å². The van der Waals surface area contributed by atoms with E-state index in [1.807, 2.05) is 0 Å². The monoisotopic (exact) mass is 300 g/mol. The molecule has 6 heteroatoms. The van der Waals surface area contributed by atoms with E-state index >= 15 is 0 Å². The van der Waals surface area contributed by atoms with E-state index in [-0.39, 0.29) is 11.1 Å². The van der Waals surface area contributed by atoms with Crippen molar-refractivity contribution in [2.24, 2.45) is 5.41 Å². The molecule has 0 unspecified atom stereocenters. The highest BCUT2D eigenvalue weighted by Crippen LogP contribution is 2.41. The predicted octanol–water partition coefficient (Wildman–Crippen LogP) is 1.23. The van der Waals surface area contributed by atoms with Crippen molar-refractivity contribution in [1.29, 1.82) is 0 Å². The van der Waals surface area contributed by atoms with Gasteiger partial charge in [0.15, 0.2) is 0 Å². The highest BCUT2D eigenvalue weighted by atomic mass is 16.7. The molecule has 0 spiro atoms. The van der Waals surface area contributed by atoms with Crippen LogP contribution in [0, 0.1) is 5.41 Å². The average Bonchev–Trinajstić information content (AvgIpc) is 2.82. The minimum atomic E-state index is -0.557. The molecular weight excluding hydrogens is 284 g/mol. The maximum absolute atomic E-state index is 12.6. The highest BCUT2D eigenvalue weighted by Gasteiger charge is 2.49. The van der Waals surface area contributed by atoms with Crippen LogP contribution in [0.4, 0.5) is 0 Å². The smallest absolute Gasteiger partial charge is 0.329 e. The summed E-state index contributed by atoms with van der Waals surface area (Å²) in [6.07, 6.45) is 2.19. The van der Waals surface area contributed by atoms with E-state index in [0.717, 1.165) is 38.9 Å². The number of hydrogen-bond acceptors (Lipinski definition) is 5. The minimum absolute atomic E-state index is 0.288. The number of piperidine rings is 3. The zero-order valence-electron chi connectivity index (χ0n) is 12.1. The third-order valence-electron chi connectivity index (χ3n) is 5.08. The number of carbonyl (C=O) groups is 3. The fourth-order valence-electron chi connectivity index (χ4n) is 3.56. The maximum atomic E-state index is 12.6. The first-order chi connectivity index (χ1) is 10.6. The molecule has 0 aliphatic carbocycles. The number of hydroxylamine groups is 2. The Bertz CT molecular complexity index is 628. The number of imide groups is 1. The summed E-state index contributed by atoms with van der Waals surface area (Å²) in [5.74, 6) is -1.56. The van der Waals surface area contributed by atoms with Gasteiger partial charge in [-0.2, -0.15) is 0 Å². The van der Waals surface area contributed by atoms with Gasteiger partial charge in [-0.1, -0.05) is 17.2 Å². The van der Waals surface area contributed by atoms with Crippen LogP contribution in [0.3, 0.4) is 0 Å². The second-order valence-corrected chi connectivity index (χ2v) is 6.20. The van der Waals surface area contributed by atoms with Gasteiger partial charge in [0.2, 0.25) is 0 Å². The van der Waals surface area contributed by atoms with Crippen molar-refractivity contribution in [2.45, 2.75) is 19.3 Å². The molecule has 2 amide bonds. The number of amides is 2. The zero-order chi connectivity index (χ0) is 15.3. The van der Waals surface area contributed by atoms with Gasteiger partial charge in [-0.05, 0) is 51.0 Å². The number of fused-ring (bicyclic) bond motifs is 4. The average molecular weight is 300 g/mol. The van der Waals surface area contributed by atoms with Crippen molar-refractivity contribution >= 4 is 17.8 Å². The molecule has 0 atom stereocenters. The molecule has 5 rings (SSSR count). The molecule has 0 aromatic heterocycles. The van der Waals surface area contributed by atoms with Gasteiger partial charge < -0.3 is 9.74 Å². The van der Waals surface area contributed by atoms with Crippen LogP contribution in [-0.4, -0.2) is 47.4 Å². The van der Waals surface area contributed by atoms with Crippen LogP contribution in [0.1, 0.15) is 40.0 Å². The summed E-state index contributed by atoms with van der Waals surface area (Å²) in [5.41, 5.74) is 0.0388. The van der Waals surface area contributed by atoms with Crippen LogP contribution >= 0.6 is 0 Å². The first-order valence-electron chi connectivity index (χ1n) is 7.53. The van der Waals surface area contributed by atoms with Gasteiger partial charge in [-0.15, -0.1) is 0 Å². The van der Waals surface area contributed by atoms with Gasteiger partial charge in [-0.25, -0.2) is 4.79 Å². The molecule has 4 aliphatic heterocycles. The Morgan fingerprint density at radius 2 is 1.45 bits per heavy atom. The number of carbonyl (C=O) groups excluding carboxylic acids is 3. The summed E-state index contributed by atoms with van der Waals surface area (Å²) in [6.45, 7) is 2.62. The highest BCUT2D eigenvalue weighted by molar-refractivity contribution is 6.20. The van der Waals surface area contributed by atoms with Crippen LogP contribution in [0.25, 0.3) is 0 Å². The number of hydrogen-bond donors (Lipinski definition) is 0. The first-order valence-corrected chi connectivity index (χ1v) is 7.53. The summed E-state index contributed by atoms with van der Waals surface area (Å²) in [7, 11) is 0. The molecule has 3 fully saturated rings. The van der Waals surface area contributed by atoms with Gasteiger partial charge >= 0.3 is 5.97 Å². The normalized spacial score (nSPS) is 29.6. The lowest BCUT2D eigenvalue weighted by atomic mass is 9.72. The quantitative estimate of drug-likeness (QED) is 0.768. The summed E-state index contributed by atoms with van der Waals surface area (Å²) in [4.78, 5) is 44.7. The molecule has 0 saturated carbocycles. The fraction of sp³-hybridized carbons (Fsp3) is 0.438. The van der Waals surface area contributed by atoms with E-state index in [4.69, 9.17) is 4.84 Å². The zero-order valence-corrected chi connectivity index (χ0v) is 12.1. The van der Waals surface area contributed by atoms with Gasteiger partial charge in [0.05, 0.1) is 16.5 Å². The molecule has 114 valence electrons. The van der Waals surface area contributed by atoms with Crippen LogP contribution < -0.4 is 0 Å². The molecule has 3 saturated heterocycles. The van der Waals surface area contributed by atoms with Gasteiger partial charge in [-0.3, -0.25) is 9.59 Å². The minimum Gasteiger partial charge on any atom is -0.329 e. The van der Waals surface area contributed by atoms with E-state index < -0.39 is 23.2 Å². The Hall–Kier alpha value is -2.21. The summed E-state index contributed by atoms with van der Waals surface area (Å²) in [6, 6.07) is 6.51. The lowest BCUT2D eigenvalue weighted by molar-refractivity contribution is -0.188. The second-order valence-electron chi connectivity index (χ2n) is 6.20. The molecule has 4 heterocycles. The Morgan fingerprint density at radius 3 is 1.95 bits per heavy atom. The summed E-state index contributed by atoms with van der Waals surface area (Å²) >= 11 is 0. The Morgan fingerprint density at radius 1 is 0.955 bits per heavy atom. The Balaban J connectivity index is 1.56. The van der Waals surface area contributed by atoms with Gasteiger partial charge in [0.1, 0.15) is 0 Å². The standard InChI is InChI=1S/C16H16N2O4/c19-13-11-3-1-2-4-12(11)14(20)18(13)22-15(21)16-5-8-17(9-6-16)10-7-16/h1-4H,5-10H2. The Labute approximate surface area is 127 Å². The van der Waals surface area contributed by atoms with Crippen molar-refractivity contribution in [1.82, 2.24) is 9.96 Å². The molecule has 2 bridgehead atoms. The van der Waals surface area contributed by atoms with Crippen LogP contribution in [-0.2, 0) is 9.63 Å². The van der Waals surface area contributed by atoms with Crippen molar-refractivity contribution in [3.05, 3.63) is 35.4 Å². The van der Waals surface area contributed by atoms with E-state index in [1.165, 1.54) is 0 Å². The Kier molecular flexibility index (Phi) is 2.84. The van der Waals surface area contributed by atoms with Crippen molar-refractivity contribution in [2.75, 3.05) is 19.6 Å². The van der Waals surface area contributed by atoms with Crippen LogP contribution in [0.15, 0.2) is 24.3 Å². The number of rotatable bonds is 2. The van der Waals surface area contributed by atoms with Gasteiger partial charge in [0, 0.05) is 0 Å². The van der Waals surface area contributed by atoms with E-state index in [0.29, 0.717) is 5.06 Å². The molecule has 1 aromatic carbocycles. The largest absolute Gasteiger partial charge is 0.339 e. The molecule has 22 heavy (non-hydrogen) atoms. The van der Waals surface area contributed by atoms with E-state index in [1.54, 1.807) is 24.3 Å². The van der Waals surface area contributed by atoms with Crippen LogP contribution in [0.2, 0.25) is 0 Å². The lowest BCUT2D eigenvalue weighted by Crippen LogP contribution is -2.53.